The summed E-state index contributed by atoms with van der Waals surface area (Å²) in [5.41, 5.74) is 3.20. The molecule has 37 heavy (non-hydrogen) atoms. The number of hydrogen-bond donors (Lipinski definition) is 0. The summed E-state index contributed by atoms with van der Waals surface area (Å²) in [4.78, 5) is 8.56. The van der Waals surface area contributed by atoms with Crippen molar-refractivity contribution in [2.24, 2.45) is 0 Å². The van der Waals surface area contributed by atoms with Gasteiger partial charge in [-0.05, 0) is 35.7 Å². The Morgan fingerprint density at radius 3 is 1.22 bits per heavy atom. The molecule has 8 nitrogen and oxygen atoms in total. The zero-order valence-corrected chi connectivity index (χ0v) is 23.7. The topological polar surface area (TPSA) is 81.2 Å². The molecule has 0 atom stereocenters. The maximum atomic E-state index is 5.25. The van der Waals surface area contributed by atoms with Crippen LogP contribution in [0, 0.1) is 12.1 Å². The number of hydrogen-bond acceptors (Lipinski definition) is 8. The van der Waals surface area contributed by atoms with Gasteiger partial charge in [-0.2, -0.15) is 0 Å². The molecule has 0 aliphatic rings. The Labute approximate surface area is 231 Å². The van der Waals surface area contributed by atoms with Gasteiger partial charge in [0.25, 0.3) is 0 Å². The van der Waals surface area contributed by atoms with Crippen LogP contribution >= 0.6 is 0 Å². The number of ether oxygens (including phenoxy) is 6. The van der Waals surface area contributed by atoms with Crippen molar-refractivity contribution < 1.29 is 49.5 Å². The quantitative estimate of drug-likeness (QED) is 0.236. The monoisotopic (exact) mass is 683 g/mol. The van der Waals surface area contributed by atoms with Crippen molar-refractivity contribution >= 4 is 0 Å². The first-order chi connectivity index (χ1) is 17.6. The molecule has 0 unspecified atom stereocenters. The molecule has 2 heterocycles. The predicted octanol–water partition coefficient (Wildman–Crippen LogP) is 5.15. The Kier molecular flexibility index (Phi) is 11.7. The van der Waals surface area contributed by atoms with Crippen molar-refractivity contribution in [1.29, 1.82) is 0 Å². The Balaban J connectivity index is 0.000000253. The first-order valence-electron chi connectivity index (χ1n) is 10.8. The molecule has 0 amide bonds. The van der Waals surface area contributed by atoms with Crippen LogP contribution < -0.4 is 28.4 Å². The summed E-state index contributed by atoms with van der Waals surface area (Å²) in [5.74, 6) is 4.09. The molecular formula is C28H28N2O6Pt. The molecule has 0 spiro atoms. The van der Waals surface area contributed by atoms with E-state index in [1.807, 2.05) is 24.3 Å². The Morgan fingerprint density at radius 2 is 0.892 bits per heavy atom. The van der Waals surface area contributed by atoms with E-state index in [-0.39, 0.29) is 21.1 Å². The van der Waals surface area contributed by atoms with Crippen LogP contribution in [-0.2, 0) is 21.1 Å². The molecular weight excluding hydrogens is 655 g/mol. The molecule has 0 N–H and O–H groups in total. The van der Waals surface area contributed by atoms with Gasteiger partial charge in [0.05, 0.1) is 65.7 Å². The molecule has 196 valence electrons. The molecule has 2 aromatic heterocycles. The zero-order valence-electron chi connectivity index (χ0n) is 21.4. The third kappa shape index (κ3) is 7.60. The van der Waals surface area contributed by atoms with Gasteiger partial charge in [0.1, 0.15) is 11.5 Å². The van der Waals surface area contributed by atoms with Gasteiger partial charge in [0.15, 0.2) is 0 Å². The van der Waals surface area contributed by atoms with Crippen LogP contribution in [0.4, 0.5) is 0 Å². The molecule has 4 rings (SSSR count). The Morgan fingerprint density at radius 1 is 0.514 bits per heavy atom. The molecule has 0 fully saturated rings. The number of rotatable bonds is 8. The average Bonchev–Trinajstić information content (AvgIpc) is 2.96. The molecule has 0 bridgehead atoms. The van der Waals surface area contributed by atoms with Crippen LogP contribution in [0.1, 0.15) is 0 Å². The summed E-state index contributed by atoms with van der Waals surface area (Å²) < 4.78 is 31.2. The molecule has 0 aliphatic heterocycles. The number of aromatic nitrogens is 2. The normalized spacial score (nSPS) is 9.68. The summed E-state index contributed by atoms with van der Waals surface area (Å²) in [7, 11) is 9.63. The maximum absolute atomic E-state index is 5.25. The van der Waals surface area contributed by atoms with Gasteiger partial charge in [-0.3, -0.25) is 0 Å². The number of benzene rings is 2. The van der Waals surface area contributed by atoms with E-state index in [1.165, 1.54) is 0 Å². The predicted molar refractivity (Wildman–Crippen MR) is 136 cm³/mol. The van der Waals surface area contributed by atoms with Gasteiger partial charge in [-0.25, -0.2) is 0 Å². The number of methoxy groups -OCH3 is 6. The van der Waals surface area contributed by atoms with E-state index in [2.05, 4.69) is 22.1 Å². The summed E-state index contributed by atoms with van der Waals surface area (Å²) in [6.45, 7) is 0. The Bertz CT molecular complexity index is 1190. The standard InChI is InChI=1S/2C14H14NO3.Pt/c2*1-16-11-6-7-15-12(9-11)10-4-5-13(17-2)14(8-10)18-3;/h2*5-9H,1-3H3;/q2*-1;+2. The molecule has 0 aliphatic carbocycles. The summed E-state index contributed by atoms with van der Waals surface area (Å²) in [6, 6.07) is 20.6. The van der Waals surface area contributed by atoms with E-state index in [0.29, 0.717) is 23.0 Å². The van der Waals surface area contributed by atoms with E-state index >= 15 is 0 Å². The van der Waals surface area contributed by atoms with Crippen LogP contribution in [0.2, 0.25) is 0 Å². The number of pyridine rings is 2. The fraction of sp³-hybridized carbons (Fsp3) is 0.214. The van der Waals surface area contributed by atoms with E-state index in [4.69, 9.17) is 28.4 Å². The third-order valence-electron chi connectivity index (χ3n) is 5.12. The van der Waals surface area contributed by atoms with E-state index in [9.17, 15) is 0 Å². The number of nitrogens with zero attached hydrogens (tertiary/aromatic N) is 2. The largest absolute Gasteiger partial charge is 2.00 e. The van der Waals surface area contributed by atoms with Crippen molar-refractivity contribution in [2.75, 3.05) is 42.7 Å². The fourth-order valence-corrected chi connectivity index (χ4v) is 3.22. The van der Waals surface area contributed by atoms with Gasteiger partial charge in [-0.1, -0.05) is 12.1 Å². The minimum absolute atomic E-state index is 0. The van der Waals surface area contributed by atoms with Gasteiger partial charge in [0, 0.05) is 12.4 Å². The van der Waals surface area contributed by atoms with Crippen molar-refractivity contribution in [3.05, 3.63) is 73.1 Å². The van der Waals surface area contributed by atoms with Crippen LogP contribution in [0.5, 0.6) is 34.5 Å². The maximum Gasteiger partial charge on any atom is 2.00 e. The van der Waals surface area contributed by atoms with E-state index in [1.54, 1.807) is 79.3 Å². The average molecular weight is 684 g/mol. The van der Waals surface area contributed by atoms with Gasteiger partial charge in [0.2, 0.25) is 0 Å². The van der Waals surface area contributed by atoms with Crippen LogP contribution in [0.3, 0.4) is 0 Å². The molecule has 0 saturated heterocycles. The van der Waals surface area contributed by atoms with Gasteiger partial charge < -0.3 is 38.4 Å². The van der Waals surface area contributed by atoms with Gasteiger partial charge in [-0.15, -0.1) is 35.4 Å². The Hall–Kier alpha value is -3.77. The summed E-state index contributed by atoms with van der Waals surface area (Å²) in [5, 5.41) is 0. The second-order valence-corrected chi connectivity index (χ2v) is 7.13. The van der Waals surface area contributed by atoms with Crippen LogP contribution in [0.25, 0.3) is 22.5 Å². The molecule has 4 aromatic rings. The smallest absolute Gasteiger partial charge is 0.536 e. The van der Waals surface area contributed by atoms with Crippen molar-refractivity contribution in [3.63, 3.8) is 0 Å². The first-order valence-corrected chi connectivity index (χ1v) is 10.8. The van der Waals surface area contributed by atoms with E-state index < -0.39 is 0 Å². The minimum atomic E-state index is 0. The molecule has 0 radical (unpaired) electrons. The van der Waals surface area contributed by atoms with Gasteiger partial charge >= 0.3 is 21.1 Å². The SMILES string of the molecule is COc1ccnc(-c2[c-]cc(OC)c(OC)c2)c1.COc1ccnc(-c2[c-]cc(OC)c(OC)c2)c1.[Pt+2]. The van der Waals surface area contributed by atoms with Crippen molar-refractivity contribution in [1.82, 2.24) is 9.97 Å². The molecule has 2 aromatic carbocycles. The second kappa shape index (κ2) is 14.7. The molecule has 9 heteroatoms. The van der Waals surface area contributed by atoms with Crippen LogP contribution in [-0.4, -0.2) is 52.6 Å². The fourth-order valence-electron chi connectivity index (χ4n) is 3.22. The zero-order chi connectivity index (χ0) is 25.9. The first kappa shape index (κ1) is 29.5. The second-order valence-electron chi connectivity index (χ2n) is 7.13. The minimum Gasteiger partial charge on any atom is -0.536 e. The third-order valence-corrected chi connectivity index (χ3v) is 5.12. The van der Waals surface area contributed by atoms with E-state index in [0.717, 1.165) is 34.0 Å². The molecule has 0 saturated carbocycles. The van der Waals surface area contributed by atoms with Crippen molar-refractivity contribution in [3.8, 4) is 57.0 Å². The summed E-state index contributed by atoms with van der Waals surface area (Å²) in [6.07, 6.45) is 3.39. The van der Waals surface area contributed by atoms with Crippen LogP contribution in [0.15, 0.2) is 60.9 Å². The van der Waals surface area contributed by atoms with Crippen molar-refractivity contribution in [2.45, 2.75) is 0 Å². The summed E-state index contributed by atoms with van der Waals surface area (Å²) >= 11 is 0.